The van der Waals surface area contributed by atoms with E-state index in [1.54, 1.807) is 0 Å². The molecule has 0 aliphatic carbocycles. The summed E-state index contributed by atoms with van der Waals surface area (Å²) in [7, 11) is 0. The normalized spacial score (nSPS) is 11.0. The standard InChI is InChI=1S/C13H22ClN3O/c1-5-11-16-12(14)10(4)13(17-11)15-7-6-8-18-9(2)3/h9H,5-8H2,1-4H3,(H,15,16,17). The van der Waals surface area contributed by atoms with Crippen molar-refractivity contribution in [3.05, 3.63) is 16.5 Å². The van der Waals surface area contributed by atoms with Crippen molar-refractivity contribution in [3.63, 3.8) is 0 Å². The first kappa shape index (κ1) is 15.2. The molecule has 1 rings (SSSR count). The van der Waals surface area contributed by atoms with Crippen LogP contribution in [0.2, 0.25) is 5.15 Å². The molecular formula is C13H22ClN3O. The minimum absolute atomic E-state index is 0.284. The Hall–Kier alpha value is -0.870. The summed E-state index contributed by atoms with van der Waals surface area (Å²) in [4.78, 5) is 8.65. The number of aryl methyl sites for hydroxylation is 1. The minimum Gasteiger partial charge on any atom is -0.379 e. The van der Waals surface area contributed by atoms with E-state index in [9.17, 15) is 0 Å². The van der Waals surface area contributed by atoms with E-state index >= 15 is 0 Å². The van der Waals surface area contributed by atoms with Crippen LogP contribution in [-0.2, 0) is 11.2 Å². The van der Waals surface area contributed by atoms with Gasteiger partial charge in [-0.15, -0.1) is 0 Å². The topological polar surface area (TPSA) is 47.0 Å². The van der Waals surface area contributed by atoms with Gasteiger partial charge in [-0.3, -0.25) is 0 Å². The molecule has 0 aromatic carbocycles. The maximum Gasteiger partial charge on any atom is 0.137 e. The van der Waals surface area contributed by atoms with E-state index in [-0.39, 0.29) is 6.10 Å². The average molecular weight is 272 g/mol. The highest BCUT2D eigenvalue weighted by atomic mass is 35.5. The van der Waals surface area contributed by atoms with Gasteiger partial charge >= 0.3 is 0 Å². The zero-order chi connectivity index (χ0) is 13.5. The number of nitrogens with zero attached hydrogens (tertiary/aromatic N) is 2. The molecule has 0 bridgehead atoms. The van der Waals surface area contributed by atoms with Gasteiger partial charge in [0.25, 0.3) is 0 Å². The second-order valence-corrected chi connectivity index (χ2v) is 4.82. The lowest BCUT2D eigenvalue weighted by Crippen LogP contribution is -2.12. The molecule has 0 aliphatic rings. The Balaban J connectivity index is 2.48. The van der Waals surface area contributed by atoms with Crippen molar-refractivity contribution in [1.29, 1.82) is 0 Å². The molecule has 0 saturated heterocycles. The number of halogens is 1. The van der Waals surface area contributed by atoms with Crippen molar-refractivity contribution in [1.82, 2.24) is 9.97 Å². The highest BCUT2D eigenvalue weighted by Crippen LogP contribution is 2.19. The second kappa shape index (κ2) is 7.54. The van der Waals surface area contributed by atoms with E-state index in [0.717, 1.165) is 43.2 Å². The fourth-order valence-electron chi connectivity index (χ4n) is 1.46. The lowest BCUT2D eigenvalue weighted by atomic mass is 10.3. The third kappa shape index (κ3) is 4.78. The highest BCUT2D eigenvalue weighted by Gasteiger charge is 2.07. The number of hydrogen-bond acceptors (Lipinski definition) is 4. The lowest BCUT2D eigenvalue weighted by Gasteiger charge is -2.11. The highest BCUT2D eigenvalue weighted by molar-refractivity contribution is 6.30. The van der Waals surface area contributed by atoms with E-state index in [0.29, 0.717) is 5.15 Å². The number of anilines is 1. The van der Waals surface area contributed by atoms with Crippen LogP contribution in [0.3, 0.4) is 0 Å². The number of aromatic nitrogens is 2. The van der Waals surface area contributed by atoms with Crippen molar-refractivity contribution in [2.75, 3.05) is 18.5 Å². The van der Waals surface area contributed by atoms with Gasteiger partial charge in [-0.05, 0) is 27.2 Å². The van der Waals surface area contributed by atoms with Crippen molar-refractivity contribution >= 4 is 17.4 Å². The zero-order valence-corrected chi connectivity index (χ0v) is 12.3. The summed E-state index contributed by atoms with van der Waals surface area (Å²) < 4.78 is 5.48. The quantitative estimate of drug-likeness (QED) is 0.611. The monoisotopic (exact) mass is 271 g/mol. The Bertz CT molecular complexity index is 383. The van der Waals surface area contributed by atoms with E-state index in [1.165, 1.54) is 0 Å². The maximum atomic E-state index is 6.06. The molecule has 1 aromatic heterocycles. The third-order valence-electron chi connectivity index (χ3n) is 2.51. The fourth-order valence-corrected chi connectivity index (χ4v) is 1.65. The predicted octanol–water partition coefficient (Wildman–Crippen LogP) is 3.23. The van der Waals surface area contributed by atoms with Crippen LogP contribution in [0.4, 0.5) is 5.82 Å². The summed E-state index contributed by atoms with van der Waals surface area (Å²) in [6.45, 7) is 9.59. The molecule has 0 aliphatic heterocycles. The Morgan fingerprint density at radius 1 is 1.33 bits per heavy atom. The Kier molecular flexibility index (Phi) is 6.36. The molecule has 1 heterocycles. The molecule has 0 fully saturated rings. The molecule has 0 spiro atoms. The molecule has 0 atom stereocenters. The molecular weight excluding hydrogens is 250 g/mol. The molecule has 102 valence electrons. The number of nitrogens with one attached hydrogen (secondary N) is 1. The van der Waals surface area contributed by atoms with Crippen LogP contribution >= 0.6 is 11.6 Å². The predicted molar refractivity (Wildman–Crippen MR) is 75.4 cm³/mol. The molecule has 0 radical (unpaired) electrons. The molecule has 0 unspecified atom stereocenters. The van der Waals surface area contributed by atoms with Gasteiger partial charge in [-0.25, -0.2) is 9.97 Å². The van der Waals surface area contributed by atoms with Crippen molar-refractivity contribution < 1.29 is 4.74 Å². The first-order valence-corrected chi connectivity index (χ1v) is 6.80. The van der Waals surface area contributed by atoms with E-state index < -0.39 is 0 Å². The van der Waals surface area contributed by atoms with Crippen LogP contribution in [0, 0.1) is 6.92 Å². The smallest absolute Gasteiger partial charge is 0.137 e. The van der Waals surface area contributed by atoms with Gasteiger partial charge in [0.2, 0.25) is 0 Å². The van der Waals surface area contributed by atoms with Crippen molar-refractivity contribution in [2.24, 2.45) is 0 Å². The number of hydrogen-bond donors (Lipinski definition) is 1. The van der Waals surface area contributed by atoms with E-state index in [4.69, 9.17) is 16.3 Å². The molecule has 4 nitrogen and oxygen atoms in total. The van der Waals surface area contributed by atoms with Gasteiger partial charge in [-0.1, -0.05) is 18.5 Å². The summed E-state index contributed by atoms with van der Waals surface area (Å²) in [5, 5.41) is 3.82. The van der Waals surface area contributed by atoms with Crippen LogP contribution in [0.25, 0.3) is 0 Å². The summed E-state index contributed by atoms with van der Waals surface area (Å²) in [5.41, 5.74) is 0.902. The largest absolute Gasteiger partial charge is 0.379 e. The van der Waals surface area contributed by atoms with Gasteiger partial charge in [0.1, 0.15) is 16.8 Å². The van der Waals surface area contributed by atoms with Crippen molar-refractivity contribution in [3.8, 4) is 0 Å². The van der Waals surface area contributed by atoms with E-state index in [1.807, 2.05) is 27.7 Å². The van der Waals surface area contributed by atoms with Gasteiger partial charge in [0, 0.05) is 25.1 Å². The summed E-state index contributed by atoms with van der Waals surface area (Å²) >= 11 is 6.06. The van der Waals surface area contributed by atoms with Crippen LogP contribution in [0.15, 0.2) is 0 Å². The summed E-state index contributed by atoms with van der Waals surface area (Å²) in [6.07, 6.45) is 2.01. The van der Waals surface area contributed by atoms with Gasteiger partial charge in [0.15, 0.2) is 0 Å². The molecule has 18 heavy (non-hydrogen) atoms. The van der Waals surface area contributed by atoms with Gasteiger partial charge < -0.3 is 10.1 Å². The zero-order valence-electron chi connectivity index (χ0n) is 11.6. The molecule has 0 saturated carbocycles. The number of rotatable bonds is 7. The lowest BCUT2D eigenvalue weighted by molar-refractivity contribution is 0.0787. The first-order valence-electron chi connectivity index (χ1n) is 6.43. The average Bonchev–Trinajstić information content (AvgIpc) is 2.33. The molecule has 1 N–H and O–H groups in total. The van der Waals surface area contributed by atoms with Crippen LogP contribution in [0.1, 0.15) is 38.6 Å². The summed E-state index contributed by atoms with van der Waals surface area (Å²) in [6, 6.07) is 0. The Morgan fingerprint density at radius 3 is 2.67 bits per heavy atom. The van der Waals surface area contributed by atoms with Gasteiger partial charge in [-0.2, -0.15) is 0 Å². The SMILES string of the molecule is CCc1nc(Cl)c(C)c(NCCCOC(C)C)n1. The van der Waals surface area contributed by atoms with Crippen LogP contribution < -0.4 is 5.32 Å². The molecule has 5 heteroatoms. The van der Waals surface area contributed by atoms with Crippen LogP contribution in [0.5, 0.6) is 0 Å². The Labute approximate surface area is 114 Å². The second-order valence-electron chi connectivity index (χ2n) is 4.46. The first-order chi connectivity index (χ1) is 8.54. The van der Waals surface area contributed by atoms with E-state index in [2.05, 4.69) is 15.3 Å². The maximum absolute atomic E-state index is 6.06. The third-order valence-corrected chi connectivity index (χ3v) is 2.88. The van der Waals surface area contributed by atoms with Crippen molar-refractivity contribution in [2.45, 2.75) is 46.6 Å². The number of ether oxygens (including phenoxy) is 1. The van der Waals surface area contributed by atoms with Gasteiger partial charge in [0.05, 0.1) is 6.10 Å². The molecule has 0 amide bonds. The Morgan fingerprint density at radius 2 is 2.06 bits per heavy atom. The fraction of sp³-hybridized carbons (Fsp3) is 0.692. The minimum atomic E-state index is 0.284. The summed E-state index contributed by atoms with van der Waals surface area (Å²) in [5.74, 6) is 1.60. The molecule has 1 aromatic rings. The van der Waals surface area contributed by atoms with Crippen LogP contribution in [-0.4, -0.2) is 29.2 Å².